The number of nitrogens with one attached hydrogen (secondary N) is 1. The van der Waals surface area contributed by atoms with Gasteiger partial charge in [-0.15, -0.1) is 0 Å². The summed E-state index contributed by atoms with van der Waals surface area (Å²) in [7, 11) is -2.38. The SMILES string of the molecule is CP(C)(=O)CC(=O)NC(CC(=O)O)C1CC1. The molecular weight excluding hydrogens is 229 g/mol. The minimum Gasteiger partial charge on any atom is -0.481 e. The zero-order valence-electron chi connectivity index (χ0n) is 9.60. The number of carbonyl (C=O) groups is 2. The van der Waals surface area contributed by atoms with Crippen molar-refractivity contribution in [3.05, 3.63) is 0 Å². The van der Waals surface area contributed by atoms with Gasteiger partial charge in [-0.1, -0.05) is 0 Å². The van der Waals surface area contributed by atoms with Crippen LogP contribution in [0.1, 0.15) is 19.3 Å². The van der Waals surface area contributed by atoms with Crippen LogP contribution in [0.3, 0.4) is 0 Å². The first-order valence-electron chi connectivity index (χ1n) is 5.33. The third kappa shape index (κ3) is 5.31. The summed E-state index contributed by atoms with van der Waals surface area (Å²) in [5, 5.41) is 11.4. The standard InChI is InChI=1S/C10H18NO4P/c1-16(2,15)6-9(12)11-8(5-10(13)14)7-3-4-7/h7-8H,3-6H2,1-2H3,(H,11,12)(H,13,14). The topological polar surface area (TPSA) is 83.5 Å². The predicted octanol–water partition coefficient (Wildman–Crippen LogP) is 0.979. The quantitative estimate of drug-likeness (QED) is 0.685. The van der Waals surface area contributed by atoms with Gasteiger partial charge in [0.2, 0.25) is 5.91 Å². The fraction of sp³-hybridized carbons (Fsp3) is 0.800. The van der Waals surface area contributed by atoms with Crippen molar-refractivity contribution in [3.8, 4) is 0 Å². The summed E-state index contributed by atoms with van der Waals surface area (Å²) in [6.45, 7) is 3.10. The van der Waals surface area contributed by atoms with Gasteiger partial charge in [0.05, 0.1) is 19.7 Å². The fourth-order valence-corrected chi connectivity index (χ4v) is 2.40. The maximum atomic E-state index is 11.5. The Balaban J connectivity index is 2.45. The van der Waals surface area contributed by atoms with Crippen molar-refractivity contribution < 1.29 is 19.3 Å². The molecule has 5 nitrogen and oxygen atoms in total. The van der Waals surface area contributed by atoms with E-state index in [1.54, 1.807) is 13.3 Å². The van der Waals surface area contributed by atoms with Crippen LogP contribution in [-0.4, -0.2) is 42.5 Å². The van der Waals surface area contributed by atoms with Crippen molar-refractivity contribution in [3.63, 3.8) is 0 Å². The van der Waals surface area contributed by atoms with E-state index in [2.05, 4.69) is 5.32 Å². The number of carboxylic acids is 1. The molecule has 0 aliphatic heterocycles. The van der Waals surface area contributed by atoms with E-state index in [1.807, 2.05) is 0 Å². The highest BCUT2D eigenvalue weighted by molar-refractivity contribution is 7.63. The van der Waals surface area contributed by atoms with Crippen LogP contribution < -0.4 is 5.32 Å². The molecule has 2 N–H and O–H groups in total. The Morgan fingerprint density at radius 2 is 2.00 bits per heavy atom. The molecule has 6 heteroatoms. The van der Waals surface area contributed by atoms with E-state index in [-0.39, 0.29) is 30.4 Å². The third-order valence-corrected chi connectivity index (χ3v) is 3.51. The average molecular weight is 247 g/mol. The lowest BCUT2D eigenvalue weighted by molar-refractivity contribution is -0.137. The van der Waals surface area contributed by atoms with Crippen LogP contribution in [0.4, 0.5) is 0 Å². The van der Waals surface area contributed by atoms with Crippen molar-refractivity contribution in [2.45, 2.75) is 25.3 Å². The summed E-state index contributed by atoms with van der Waals surface area (Å²) in [5.74, 6) is -0.923. The smallest absolute Gasteiger partial charge is 0.305 e. The number of carboxylic acid groups (broad SMARTS) is 1. The molecule has 1 aliphatic rings. The van der Waals surface area contributed by atoms with E-state index >= 15 is 0 Å². The second-order valence-corrected chi connectivity index (χ2v) is 8.31. The van der Waals surface area contributed by atoms with E-state index in [4.69, 9.17) is 5.11 Å². The van der Waals surface area contributed by atoms with Gasteiger partial charge in [0.15, 0.2) is 0 Å². The van der Waals surface area contributed by atoms with Crippen molar-refractivity contribution in [1.82, 2.24) is 5.32 Å². The van der Waals surface area contributed by atoms with E-state index < -0.39 is 13.1 Å². The largest absolute Gasteiger partial charge is 0.481 e. The van der Waals surface area contributed by atoms with Gasteiger partial charge in [0.1, 0.15) is 0 Å². The molecule has 0 aromatic rings. The maximum Gasteiger partial charge on any atom is 0.305 e. The average Bonchev–Trinajstić information content (AvgIpc) is 2.78. The Kier molecular flexibility index (Phi) is 4.14. The summed E-state index contributed by atoms with van der Waals surface area (Å²) in [6.07, 6.45) is 1.88. The van der Waals surface area contributed by atoms with Gasteiger partial charge in [-0.3, -0.25) is 9.59 Å². The zero-order chi connectivity index (χ0) is 12.3. The van der Waals surface area contributed by atoms with E-state index in [9.17, 15) is 14.2 Å². The molecule has 1 saturated carbocycles. The fourth-order valence-electron chi connectivity index (χ4n) is 1.62. The highest BCUT2D eigenvalue weighted by Gasteiger charge is 2.34. The number of carbonyl (C=O) groups excluding carboxylic acids is 1. The Bertz CT molecular complexity index is 332. The summed E-state index contributed by atoms with van der Waals surface area (Å²) in [6, 6.07) is -0.295. The van der Waals surface area contributed by atoms with Gasteiger partial charge in [-0.25, -0.2) is 0 Å². The Morgan fingerprint density at radius 1 is 1.44 bits per heavy atom. The van der Waals surface area contributed by atoms with Crippen LogP contribution in [-0.2, 0) is 14.2 Å². The molecule has 0 aromatic heterocycles. The van der Waals surface area contributed by atoms with Crippen molar-refractivity contribution in [1.29, 1.82) is 0 Å². The molecule has 0 heterocycles. The van der Waals surface area contributed by atoms with Gasteiger partial charge < -0.3 is 15.0 Å². The summed E-state index contributed by atoms with van der Waals surface area (Å²) < 4.78 is 11.4. The Morgan fingerprint density at radius 3 is 2.38 bits per heavy atom. The summed E-state index contributed by atoms with van der Waals surface area (Å²) in [5.41, 5.74) is 0. The third-order valence-electron chi connectivity index (χ3n) is 2.46. The van der Waals surface area contributed by atoms with Crippen molar-refractivity contribution in [2.24, 2.45) is 5.92 Å². The van der Waals surface area contributed by atoms with Crippen LogP contribution in [0.2, 0.25) is 0 Å². The number of hydrogen-bond donors (Lipinski definition) is 2. The highest BCUT2D eigenvalue weighted by atomic mass is 31.2. The lowest BCUT2D eigenvalue weighted by Crippen LogP contribution is -2.39. The molecule has 1 aliphatic carbocycles. The van der Waals surface area contributed by atoms with Crippen LogP contribution in [0, 0.1) is 5.92 Å². The number of hydrogen-bond acceptors (Lipinski definition) is 3. The zero-order valence-corrected chi connectivity index (χ0v) is 10.5. The van der Waals surface area contributed by atoms with Crippen LogP contribution in [0.25, 0.3) is 0 Å². The van der Waals surface area contributed by atoms with Gasteiger partial charge in [-0.2, -0.15) is 0 Å². The van der Waals surface area contributed by atoms with Crippen LogP contribution in [0.15, 0.2) is 0 Å². The highest BCUT2D eigenvalue weighted by Crippen LogP contribution is 2.36. The minimum atomic E-state index is -2.38. The Hall–Kier alpha value is -0.830. The second kappa shape index (κ2) is 5.00. The number of aliphatic carboxylic acids is 1. The minimum absolute atomic E-state index is 0.00413. The normalized spacial score (nSPS) is 17.9. The molecule has 0 aromatic carbocycles. The van der Waals surface area contributed by atoms with E-state index in [0.717, 1.165) is 12.8 Å². The molecule has 0 bridgehead atoms. The van der Waals surface area contributed by atoms with Gasteiger partial charge in [0.25, 0.3) is 0 Å². The first-order valence-corrected chi connectivity index (χ1v) is 8.12. The molecular formula is C10H18NO4P. The van der Waals surface area contributed by atoms with Crippen LogP contribution >= 0.6 is 7.14 Å². The molecule has 16 heavy (non-hydrogen) atoms. The number of amides is 1. The number of rotatable bonds is 6. The lowest BCUT2D eigenvalue weighted by Gasteiger charge is -2.17. The van der Waals surface area contributed by atoms with Crippen molar-refractivity contribution >= 4 is 19.0 Å². The van der Waals surface area contributed by atoms with Gasteiger partial charge >= 0.3 is 5.97 Å². The molecule has 1 amide bonds. The predicted molar refractivity (Wildman–Crippen MR) is 61.2 cm³/mol. The van der Waals surface area contributed by atoms with E-state index in [1.165, 1.54) is 0 Å². The summed E-state index contributed by atoms with van der Waals surface area (Å²) >= 11 is 0. The van der Waals surface area contributed by atoms with Crippen LogP contribution in [0.5, 0.6) is 0 Å². The monoisotopic (exact) mass is 247 g/mol. The summed E-state index contributed by atoms with van der Waals surface area (Å²) in [4.78, 5) is 22.1. The second-order valence-electron chi connectivity index (χ2n) is 4.84. The Labute approximate surface area is 95.0 Å². The molecule has 1 unspecified atom stereocenters. The van der Waals surface area contributed by atoms with E-state index in [0.29, 0.717) is 0 Å². The molecule has 1 rings (SSSR count). The first-order chi connectivity index (χ1) is 7.28. The molecule has 0 saturated heterocycles. The van der Waals surface area contributed by atoms with Crippen molar-refractivity contribution in [2.75, 3.05) is 19.5 Å². The molecule has 92 valence electrons. The van der Waals surface area contributed by atoms with Gasteiger partial charge in [-0.05, 0) is 32.1 Å². The molecule has 1 fully saturated rings. The van der Waals surface area contributed by atoms with Gasteiger partial charge in [0, 0.05) is 6.04 Å². The molecule has 0 radical (unpaired) electrons. The molecule has 1 atom stereocenters. The first kappa shape index (κ1) is 13.2. The lowest BCUT2D eigenvalue weighted by atomic mass is 10.1. The maximum absolute atomic E-state index is 11.5. The molecule has 0 spiro atoms.